The molecule has 0 N–H and O–H groups in total. The average Bonchev–Trinajstić information content (AvgIpc) is 2.92. The van der Waals surface area contributed by atoms with E-state index in [1.165, 1.54) is 0 Å². The number of hydrogen-bond donors (Lipinski definition) is 0. The lowest BCUT2D eigenvalue weighted by atomic mass is 10.2. The Morgan fingerprint density at radius 2 is 2.00 bits per heavy atom. The fourth-order valence-corrected chi connectivity index (χ4v) is 1.81. The monoisotopic (exact) mass is 271 g/mol. The largest absolute Gasteiger partial charge is 0.450 e. The highest BCUT2D eigenvalue weighted by molar-refractivity contribution is 5.55. The lowest BCUT2D eigenvalue weighted by Gasteiger charge is -2.08. The number of rotatable bonds is 2. The van der Waals surface area contributed by atoms with E-state index in [1.807, 2.05) is 0 Å². The van der Waals surface area contributed by atoms with Gasteiger partial charge in [-0.05, 0) is 18.2 Å². The molecular formula is C14H7F2N3O. The van der Waals surface area contributed by atoms with Crippen LogP contribution in [0.25, 0.3) is 5.65 Å². The average molecular weight is 271 g/mol. The van der Waals surface area contributed by atoms with Gasteiger partial charge in [-0.3, -0.25) is 0 Å². The van der Waals surface area contributed by atoms with Crippen LogP contribution < -0.4 is 4.74 Å². The van der Waals surface area contributed by atoms with Crippen molar-refractivity contribution >= 4 is 5.65 Å². The first-order valence-corrected chi connectivity index (χ1v) is 5.68. The van der Waals surface area contributed by atoms with E-state index in [1.54, 1.807) is 41.2 Å². The zero-order valence-corrected chi connectivity index (χ0v) is 10.0. The van der Waals surface area contributed by atoms with Gasteiger partial charge in [0.2, 0.25) is 0 Å². The van der Waals surface area contributed by atoms with E-state index in [4.69, 9.17) is 10.00 Å². The summed E-state index contributed by atoms with van der Waals surface area (Å²) < 4.78 is 34.3. The summed E-state index contributed by atoms with van der Waals surface area (Å²) in [5.41, 5.74) is 0.116. The molecule has 0 fully saturated rings. The number of fused-ring (bicyclic) bond motifs is 1. The molecule has 3 aromatic rings. The van der Waals surface area contributed by atoms with E-state index < -0.39 is 11.6 Å². The second-order valence-corrected chi connectivity index (χ2v) is 4.01. The first-order valence-electron chi connectivity index (χ1n) is 5.68. The summed E-state index contributed by atoms with van der Waals surface area (Å²) in [5, 5.41) is 8.63. The number of aromatic nitrogens is 2. The van der Waals surface area contributed by atoms with Crippen molar-refractivity contribution in [3.05, 3.63) is 60.1 Å². The molecule has 0 saturated heterocycles. The van der Waals surface area contributed by atoms with Crippen molar-refractivity contribution in [1.82, 2.24) is 9.38 Å². The Bertz CT molecular complexity index is 836. The topological polar surface area (TPSA) is 50.3 Å². The van der Waals surface area contributed by atoms with Crippen LogP contribution in [0.15, 0.2) is 42.9 Å². The third-order valence-corrected chi connectivity index (χ3v) is 2.75. The third-order valence-electron chi connectivity index (χ3n) is 2.75. The van der Waals surface area contributed by atoms with E-state index in [-0.39, 0.29) is 11.3 Å². The molecule has 0 bridgehead atoms. The van der Waals surface area contributed by atoms with Crippen LogP contribution in [0.3, 0.4) is 0 Å². The summed E-state index contributed by atoms with van der Waals surface area (Å²) in [5.74, 6) is -1.64. The van der Waals surface area contributed by atoms with Gasteiger partial charge in [0.15, 0.2) is 23.0 Å². The molecule has 0 aliphatic carbocycles. The molecule has 0 radical (unpaired) electrons. The molecule has 1 aromatic carbocycles. The Labute approximate surface area is 112 Å². The lowest BCUT2D eigenvalue weighted by molar-refractivity contribution is 0.437. The molecule has 20 heavy (non-hydrogen) atoms. The van der Waals surface area contributed by atoms with Gasteiger partial charge in [0.25, 0.3) is 0 Å². The number of nitriles is 1. The quantitative estimate of drug-likeness (QED) is 0.718. The second kappa shape index (κ2) is 4.63. The van der Waals surface area contributed by atoms with Gasteiger partial charge in [0.1, 0.15) is 11.9 Å². The molecule has 0 amide bonds. The maximum atomic E-state index is 13.8. The van der Waals surface area contributed by atoms with Crippen LogP contribution in [-0.2, 0) is 0 Å². The number of halogens is 2. The first-order chi connectivity index (χ1) is 9.69. The smallest absolute Gasteiger partial charge is 0.180 e. The molecule has 6 heteroatoms. The van der Waals surface area contributed by atoms with Gasteiger partial charge in [-0.1, -0.05) is 0 Å². The minimum absolute atomic E-state index is 0.292. The fourth-order valence-electron chi connectivity index (χ4n) is 1.81. The number of nitrogens with zero attached hydrogens (tertiary/aromatic N) is 3. The fraction of sp³-hybridized carbons (Fsp3) is 0. The van der Waals surface area contributed by atoms with Crippen LogP contribution in [0.1, 0.15) is 5.56 Å². The van der Waals surface area contributed by atoms with E-state index in [9.17, 15) is 8.78 Å². The standard InChI is InChI=1S/C14H7F2N3O/c15-10-7-13(11(16)6-9(10)8-17)20-12-2-1-4-19-5-3-18-14(12)19/h1-7H. The molecule has 2 heterocycles. The van der Waals surface area contributed by atoms with Gasteiger partial charge in [-0.15, -0.1) is 0 Å². The molecule has 2 aromatic heterocycles. The highest BCUT2D eigenvalue weighted by Gasteiger charge is 2.13. The van der Waals surface area contributed by atoms with Crippen LogP contribution in [0.2, 0.25) is 0 Å². The van der Waals surface area contributed by atoms with Crippen LogP contribution in [0.4, 0.5) is 8.78 Å². The van der Waals surface area contributed by atoms with Crippen molar-refractivity contribution in [2.24, 2.45) is 0 Å². The van der Waals surface area contributed by atoms with Crippen molar-refractivity contribution in [3.63, 3.8) is 0 Å². The number of pyridine rings is 1. The van der Waals surface area contributed by atoms with Gasteiger partial charge in [-0.2, -0.15) is 5.26 Å². The lowest BCUT2D eigenvalue weighted by Crippen LogP contribution is -1.95. The summed E-state index contributed by atoms with van der Waals surface area (Å²) in [6.45, 7) is 0. The molecular weight excluding hydrogens is 264 g/mol. The maximum Gasteiger partial charge on any atom is 0.180 e. The number of benzene rings is 1. The highest BCUT2D eigenvalue weighted by Crippen LogP contribution is 2.28. The van der Waals surface area contributed by atoms with Gasteiger partial charge in [-0.25, -0.2) is 13.8 Å². The van der Waals surface area contributed by atoms with E-state index in [0.717, 1.165) is 12.1 Å². The van der Waals surface area contributed by atoms with Gasteiger partial charge < -0.3 is 9.14 Å². The minimum Gasteiger partial charge on any atom is -0.450 e. The molecule has 0 atom stereocenters. The Kier molecular flexibility index (Phi) is 2.80. The predicted molar refractivity (Wildman–Crippen MR) is 66.3 cm³/mol. The SMILES string of the molecule is N#Cc1cc(F)c(Oc2cccn3ccnc23)cc1F. The van der Waals surface area contributed by atoms with E-state index in [2.05, 4.69) is 4.98 Å². The van der Waals surface area contributed by atoms with E-state index in [0.29, 0.717) is 11.4 Å². The Morgan fingerprint density at radius 3 is 2.80 bits per heavy atom. The summed E-state index contributed by atoms with van der Waals surface area (Å²) >= 11 is 0. The molecule has 0 aliphatic rings. The minimum atomic E-state index is -0.834. The summed E-state index contributed by atoms with van der Waals surface area (Å²) in [6, 6.07) is 6.51. The van der Waals surface area contributed by atoms with Crippen LogP contribution in [0, 0.1) is 23.0 Å². The molecule has 0 saturated carbocycles. The number of imidazole rings is 1. The highest BCUT2D eigenvalue weighted by atomic mass is 19.1. The Balaban J connectivity index is 2.06. The van der Waals surface area contributed by atoms with Crippen LogP contribution in [-0.4, -0.2) is 9.38 Å². The molecule has 98 valence electrons. The molecule has 4 nitrogen and oxygen atoms in total. The first kappa shape index (κ1) is 12.1. The zero-order valence-electron chi connectivity index (χ0n) is 10.0. The zero-order chi connectivity index (χ0) is 14.1. The van der Waals surface area contributed by atoms with Crippen molar-refractivity contribution in [3.8, 4) is 17.6 Å². The number of hydrogen-bond acceptors (Lipinski definition) is 3. The van der Waals surface area contributed by atoms with Gasteiger partial charge in [0, 0.05) is 24.7 Å². The van der Waals surface area contributed by atoms with Crippen molar-refractivity contribution < 1.29 is 13.5 Å². The summed E-state index contributed by atoms with van der Waals surface area (Å²) in [4.78, 5) is 4.07. The molecule has 0 unspecified atom stereocenters. The van der Waals surface area contributed by atoms with Crippen molar-refractivity contribution in [1.29, 1.82) is 5.26 Å². The summed E-state index contributed by atoms with van der Waals surface area (Å²) in [6.07, 6.45) is 5.03. The summed E-state index contributed by atoms with van der Waals surface area (Å²) in [7, 11) is 0. The number of ether oxygens (including phenoxy) is 1. The van der Waals surface area contributed by atoms with Gasteiger partial charge >= 0.3 is 0 Å². The Hall–Kier alpha value is -2.94. The van der Waals surface area contributed by atoms with Crippen LogP contribution >= 0.6 is 0 Å². The molecule has 3 rings (SSSR count). The van der Waals surface area contributed by atoms with E-state index >= 15 is 0 Å². The predicted octanol–water partition coefficient (Wildman–Crippen LogP) is 3.28. The molecule has 0 aliphatic heterocycles. The normalized spacial score (nSPS) is 10.4. The van der Waals surface area contributed by atoms with Crippen molar-refractivity contribution in [2.45, 2.75) is 0 Å². The van der Waals surface area contributed by atoms with Crippen molar-refractivity contribution in [2.75, 3.05) is 0 Å². The van der Waals surface area contributed by atoms with Crippen LogP contribution in [0.5, 0.6) is 11.5 Å². The molecule has 0 spiro atoms. The third kappa shape index (κ3) is 1.95. The maximum absolute atomic E-state index is 13.8. The van der Waals surface area contributed by atoms with Gasteiger partial charge in [0.05, 0.1) is 5.56 Å². The second-order valence-electron chi connectivity index (χ2n) is 4.01. The Morgan fingerprint density at radius 1 is 1.15 bits per heavy atom.